The zero-order valence-corrected chi connectivity index (χ0v) is 6.95. The molecule has 3 heteroatoms. The number of hydrogen-bond donors (Lipinski definition) is 1. The Labute approximate surface area is 71.8 Å². The van der Waals surface area contributed by atoms with Crippen molar-refractivity contribution in [3.8, 4) is 0 Å². The zero-order valence-electron chi connectivity index (χ0n) is 6.95. The molecule has 3 nitrogen and oxygen atoms in total. The van der Waals surface area contributed by atoms with Gasteiger partial charge in [-0.15, -0.1) is 0 Å². The topological polar surface area (TPSA) is 47.6 Å². The summed E-state index contributed by atoms with van der Waals surface area (Å²) in [6, 6.07) is 8.64. The summed E-state index contributed by atoms with van der Waals surface area (Å²) >= 11 is 0. The summed E-state index contributed by atoms with van der Waals surface area (Å²) in [7, 11) is 1.51. The van der Waals surface area contributed by atoms with Gasteiger partial charge >= 0.3 is 0 Å². The minimum atomic E-state index is 0.495. The van der Waals surface area contributed by atoms with Crippen LogP contribution in [0.4, 0.5) is 0 Å². The Balaban J connectivity index is 2.79. The first-order valence-electron chi connectivity index (χ1n) is 3.64. The molecule has 0 aliphatic carbocycles. The molecule has 0 saturated carbocycles. The van der Waals surface area contributed by atoms with Crippen LogP contribution in [0.5, 0.6) is 0 Å². The van der Waals surface area contributed by atoms with Gasteiger partial charge in [0.05, 0.1) is 6.21 Å². The largest absolute Gasteiger partial charge is 0.399 e. The maximum absolute atomic E-state index is 5.44. The number of hydrogen-bond acceptors (Lipinski definition) is 3. The first-order chi connectivity index (χ1) is 5.86. The van der Waals surface area contributed by atoms with Gasteiger partial charge in [0.2, 0.25) is 0 Å². The average Bonchev–Trinajstić information content (AvgIpc) is 2.15. The standard InChI is InChI=1S/C9H11N2O/c1-12-11-7-9-4-2-3-8(5-9)6-10/h2,4-5,7H,6,10H2,1H3. The number of nitrogens with zero attached hydrogens (tertiary/aromatic N) is 1. The lowest BCUT2D eigenvalue weighted by atomic mass is 10.1. The van der Waals surface area contributed by atoms with Crippen molar-refractivity contribution < 1.29 is 4.84 Å². The molecule has 2 N–H and O–H groups in total. The molecular formula is C9H11N2O. The molecule has 0 bridgehead atoms. The van der Waals surface area contributed by atoms with Gasteiger partial charge in [-0.3, -0.25) is 0 Å². The van der Waals surface area contributed by atoms with E-state index in [0.29, 0.717) is 6.54 Å². The number of rotatable bonds is 3. The van der Waals surface area contributed by atoms with Gasteiger partial charge in [0, 0.05) is 6.54 Å². The summed E-state index contributed by atoms with van der Waals surface area (Å²) in [6.07, 6.45) is 1.63. The van der Waals surface area contributed by atoms with E-state index >= 15 is 0 Å². The molecule has 0 aromatic heterocycles. The normalized spacial score (nSPS) is 10.5. The predicted octanol–water partition coefficient (Wildman–Crippen LogP) is 0.926. The third-order valence-corrected chi connectivity index (χ3v) is 1.41. The van der Waals surface area contributed by atoms with Crippen molar-refractivity contribution in [2.45, 2.75) is 6.54 Å². The quantitative estimate of drug-likeness (QED) is 0.532. The molecule has 0 fully saturated rings. The highest BCUT2D eigenvalue weighted by Crippen LogP contribution is 2.00. The molecule has 63 valence electrons. The molecule has 1 rings (SSSR count). The minimum absolute atomic E-state index is 0.495. The molecule has 0 spiro atoms. The van der Waals surface area contributed by atoms with Crippen molar-refractivity contribution in [3.63, 3.8) is 0 Å². The first-order valence-corrected chi connectivity index (χ1v) is 3.64. The molecule has 0 saturated heterocycles. The Morgan fingerprint density at radius 2 is 2.58 bits per heavy atom. The van der Waals surface area contributed by atoms with Crippen LogP contribution in [0.2, 0.25) is 0 Å². The van der Waals surface area contributed by atoms with Gasteiger partial charge in [-0.1, -0.05) is 17.3 Å². The Morgan fingerprint density at radius 1 is 1.75 bits per heavy atom. The lowest BCUT2D eigenvalue weighted by molar-refractivity contribution is 0.215. The van der Waals surface area contributed by atoms with Crippen LogP contribution in [0.25, 0.3) is 0 Å². The van der Waals surface area contributed by atoms with Crippen molar-refractivity contribution in [1.82, 2.24) is 0 Å². The second-order valence-electron chi connectivity index (χ2n) is 2.27. The summed E-state index contributed by atoms with van der Waals surface area (Å²) in [4.78, 5) is 4.55. The second-order valence-corrected chi connectivity index (χ2v) is 2.27. The Bertz CT molecular complexity index is 271. The molecule has 1 aromatic carbocycles. The summed E-state index contributed by atoms with van der Waals surface area (Å²) in [6.45, 7) is 0.495. The van der Waals surface area contributed by atoms with Crippen LogP contribution in [0.1, 0.15) is 11.1 Å². The summed E-state index contributed by atoms with van der Waals surface area (Å²) < 4.78 is 0. The fraction of sp³-hybridized carbons (Fsp3) is 0.222. The summed E-state index contributed by atoms with van der Waals surface area (Å²) in [5, 5.41) is 3.64. The average molecular weight is 163 g/mol. The SMILES string of the molecule is CON=Cc1cc[c]c(CN)c1. The van der Waals surface area contributed by atoms with E-state index in [2.05, 4.69) is 16.1 Å². The Kier molecular flexibility index (Phi) is 3.29. The third-order valence-electron chi connectivity index (χ3n) is 1.41. The third kappa shape index (κ3) is 2.36. The molecular weight excluding hydrogens is 152 g/mol. The molecule has 0 amide bonds. The van der Waals surface area contributed by atoms with Crippen LogP contribution >= 0.6 is 0 Å². The van der Waals surface area contributed by atoms with Crippen molar-refractivity contribution in [3.05, 3.63) is 35.4 Å². The summed E-state index contributed by atoms with van der Waals surface area (Å²) in [5.41, 5.74) is 7.38. The fourth-order valence-corrected chi connectivity index (χ4v) is 0.848. The molecule has 1 aromatic rings. The van der Waals surface area contributed by atoms with Crippen LogP contribution in [-0.2, 0) is 11.4 Å². The lowest BCUT2D eigenvalue weighted by Gasteiger charge is -1.96. The fourth-order valence-electron chi connectivity index (χ4n) is 0.848. The smallest absolute Gasteiger partial charge is 0.106 e. The van der Waals surface area contributed by atoms with Gasteiger partial charge in [-0.25, -0.2) is 0 Å². The molecule has 12 heavy (non-hydrogen) atoms. The Morgan fingerprint density at radius 3 is 3.25 bits per heavy atom. The van der Waals surface area contributed by atoms with E-state index in [0.717, 1.165) is 11.1 Å². The van der Waals surface area contributed by atoms with Crippen molar-refractivity contribution in [1.29, 1.82) is 0 Å². The van der Waals surface area contributed by atoms with Gasteiger partial charge < -0.3 is 10.6 Å². The van der Waals surface area contributed by atoms with Crippen LogP contribution < -0.4 is 5.73 Å². The van der Waals surface area contributed by atoms with E-state index in [1.807, 2.05) is 18.2 Å². The van der Waals surface area contributed by atoms with Gasteiger partial charge in [0.25, 0.3) is 0 Å². The lowest BCUT2D eigenvalue weighted by Crippen LogP contribution is -1.96. The van der Waals surface area contributed by atoms with E-state index in [4.69, 9.17) is 5.73 Å². The molecule has 0 heterocycles. The maximum Gasteiger partial charge on any atom is 0.106 e. The molecule has 1 radical (unpaired) electrons. The highest BCUT2D eigenvalue weighted by Gasteiger charge is 1.90. The van der Waals surface area contributed by atoms with Crippen LogP contribution in [0.15, 0.2) is 23.4 Å². The van der Waals surface area contributed by atoms with Crippen molar-refractivity contribution in [2.75, 3.05) is 7.11 Å². The van der Waals surface area contributed by atoms with E-state index < -0.39 is 0 Å². The monoisotopic (exact) mass is 163 g/mol. The van der Waals surface area contributed by atoms with E-state index in [1.54, 1.807) is 6.21 Å². The predicted molar refractivity (Wildman–Crippen MR) is 47.8 cm³/mol. The van der Waals surface area contributed by atoms with E-state index in [-0.39, 0.29) is 0 Å². The van der Waals surface area contributed by atoms with Gasteiger partial charge in [0.15, 0.2) is 0 Å². The molecule has 0 unspecified atom stereocenters. The van der Waals surface area contributed by atoms with Gasteiger partial charge in [-0.05, 0) is 23.3 Å². The Hall–Kier alpha value is -1.35. The number of oxime groups is 1. The highest BCUT2D eigenvalue weighted by atomic mass is 16.6. The second kappa shape index (κ2) is 4.51. The molecule has 0 aliphatic heterocycles. The summed E-state index contributed by atoms with van der Waals surface area (Å²) in [5.74, 6) is 0. The highest BCUT2D eigenvalue weighted by molar-refractivity contribution is 5.79. The maximum atomic E-state index is 5.44. The number of benzene rings is 1. The van der Waals surface area contributed by atoms with E-state index in [1.165, 1.54) is 7.11 Å². The zero-order chi connectivity index (χ0) is 8.81. The van der Waals surface area contributed by atoms with E-state index in [9.17, 15) is 0 Å². The van der Waals surface area contributed by atoms with Crippen LogP contribution in [0.3, 0.4) is 0 Å². The number of nitrogens with two attached hydrogens (primary N) is 1. The van der Waals surface area contributed by atoms with Crippen molar-refractivity contribution >= 4 is 6.21 Å². The van der Waals surface area contributed by atoms with Crippen molar-refractivity contribution in [2.24, 2.45) is 10.9 Å². The molecule has 0 atom stereocenters. The van der Waals surface area contributed by atoms with Gasteiger partial charge in [0.1, 0.15) is 7.11 Å². The first kappa shape index (κ1) is 8.74. The van der Waals surface area contributed by atoms with Crippen LogP contribution in [0, 0.1) is 6.07 Å². The molecule has 0 aliphatic rings. The van der Waals surface area contributed by atoms with Crippen LogP contribution in [-0.4, -0.2) is 13.3 Å². The minimum Gasteiger partial charge on any atom is -0.399 e. The van der Waals surface area contributed by atoms with Gasteiger partial charge in [-0.2, -0.15) is 0 Å².